The molecule has 0 radical (unpaired) electrons. The van der Waals surface area contributed by atoms with Crippen molar-refractivity contribution >= 4 is 34.5 Å². The molecule has 0 aliphatic rings. The van der Waals surface area contributed by atoms with E-state index in [4.69, 9.17) is 11.6 Å². The van der Waals surface area contributed by atoms with E-state index in [2.05, 4.69) is 15.3 Å². The Balaban J connectivity index is 1.56. The summed E-state index contributed by atoms with van der Waals surface area (Å²) in [5.41, 5.74) is 2.61. The highest BCUT2D eigenvalue weighted by molar-refractivity contribution is 7.13. The van der Waals surface area contributed by atoms with E-state index >= 15 is 0 Å². The molecule has 2 heterocycles. The molecule has 3 rings (SSSR count). The van der Waals surface area contributed by atoms with Crippen LogP contribution in [0.1, 0.15) is 12.1 Å². The lowest BCUT2D eigenvalue weighted by Crippen LogP contribution is -2.12. The zero-order valence-corrected chi connectivity index (χ0v) is 13.8. The Hall–Kier alpha value is -2.24. The second kappa shape index (κ2) is 7.35. The third-order valence-corrected chi connectivity index (χ3v) is 4.35. The van der Waals surface area contributed by atoms with Gasteiger partial charge in [-0.3, -0.25) is 9.78 Å². The fourth-order valence-corrected chi connectivity index (χ4v) is 3.11. The van der Waals surface area contributed by atoms with Crippen molar-refractivity contribution in [3.05, 3.63) is 64.9 Å². The molecular weight excluding hydrogens is 330 g/mol. The molecule has 3 aromatic rings. The molecular formula is C17H14ClN3OS. The molecule has 0 aliphatic heterocycles. The summed E-state index contributed by atoms with van der Waals surface area (Å²) in [4.78, 5) is 20.6. The highest BCUT2D eigenvalue weighted by atomic mass is 35.5. The first kappa shape index (κ1) is 15.6. The van der Waals surface area contributed by atoms with Gasteiger partial charge >= 0.3 is 0 Å². The number of benzene rings is 1. The van der Waals surface area contributed by atoms with Crippen LogP contribution in [0.2, 0.25) is 5.02 Å². The van der Waals surface area contributed by atoms with Gasteiger partial charge in [0, 0.05) is 40.5 Å². The first-order valence-electron chi connectivity index (χ1n) is 7.11. The molecule has 1 N–H and O–H groups in total. The maximum Gasteiger partial charge on any atom is 0.224 e. The molecule has 0 bridgehead atoms. The Labute approximate surface area is 143 Å². The number of nitrogens with one attached hydrogen (secondary N) is 1. The Morgan fingerprint density at radius 1 is 1.26 bits per heavy atom. The van der Waals surface area contributed by atoms with Gasteiger partial charge in [-0.15, -0.1) is 11.3 Å². The monoisotopic (exact) mass is 343 g/mol. The third kappa shape index (κ3) is 4.37. The normalized spacial score (nSPS) is 10.5. The van der Waals surface area contributed by atoms with Crippen LogP contribution >= 0.6 is 22.9 Å². The van der Waals surface area contributed by atoms with Gasteiger partial charge in [0.15, 0.2) is 0 Å². The van der Waals surface area contributed by atoms with Gasteiger partial charge in [-0.2, -0.15) is 0 Å². The smallest absolute Gasteiger partial charge is 0.224 e. The zero-order chi connectivity index (χ0) is 16.1. The topological polar surface area (TPSA) is 54.9 Å². The van der Waals surface area contributed by atoms with Gasteiger partial charge in [-0.1, -0.05) is 17.7 Å². The van der Waals surface area contributed by atoms with E-state index in [-0.39, 0.29) is 5.91 Å². The maximum absolute atomic E-state index is 12.0. The second-order valence-electron chi connectivity index (χ2n) is 4.94. The van der Waals surface area contributed by atoms with Crippen LogP contribution in [0.25, 0.3) is 10.6 Å². The molecule has 0 unspecified atom stereocenters. The first-order valence-corrected chi connectivity index (χ1v) is 8.37. The molecule has 0 saturated heterocycles. The van der Waals surface area contributed by atoms with Crippen molar-refractivity contribution < 1.29 is 4.79 Å². The van der Waals surface area contributed by atoms with Crippen molar-refractivity contribution in [2.24, 2.45) is 0 Å². The van der Waals surface area contributed by atoms with Crippen molar-refractivity contribution in [3.8, 4) is 10.6 Å². The number of carbonyl (C=O) groups is 1. The minimum Gasteiger partial charge on any atom is -0.326 e. The number of rotatable bonds is 5. The summed E-state index contributed by atoms with van der Waals surface area (Å²) in [5, 5.41) is 6.34. The molecule has 0 atom stereocenters. The van der Waals surface area contributed by atoms with Gasteiger partial charge < -0.3 is 5.32 Å². The molecule has 1 aromatic carbocycles. The van der Waals surface area contributed by atoms with Gasteiger partial charge in [0.1, 0.15) is 5.01 Å². The number of aryl methyl sites for hydroxylation is 1. The molecule has 0 aliphatic carbocycles. The maximum atomic E-state index is 12.0. The molecule has 6 heteroatoms. The molecule has 0 spiro atoms. The predicted octanol–water partition coefficient (Wildman–Crippen LogP) is 4.43. The van der Waals surface area contributed by atoms with E-state index in [1.165, 1.54) is 0 Å². The third-order valence-electron chi connectivity index (χ3n) is 3.18. The molecule has 0 saturated carbocycles. The average molecular weight is 344 g/mol. The fraction of sp³-hybridized carbons (Fsp3) is 0.118. The summed E-state index contributed by atoms with van der Waals surface area (Å²) in [6.45, 7) is 0. The van der Waals surface area contributed by atoms with E-state index in [1.54, 1.807) is 41.9 Å². The molecule has 23 heavy (non-hydrogen) atoms. The molecule has 4 nitrogen and oxygen atoms in total. The summed E-state index contributed by atoms with van der Waals surface area (Å²) in [7, 11) is 0. The fourth-order valence-electron chi connectivity index (χ4n) is 2.07. The van der Waals surface area contributed by atoms with E-state index in [9.17, 15) is 4.79 Å². The number of hydrogen-bond donors (Lipinski definition) is 1. The van der Waals surface area contributed by atoms with Crippen LogP contribution in [-0.2, 0) is 11.2 Å². The number of amides is 1. The Bertz CT molecular complexity index is 804. The van der Waals surface area contributed by atoms with Gasteiger partial charge in [-0.25, -0.2) is 4.98 Å². The summed E-state index contributed by atoms with van der Waals surface area (Å²) < 4.78 is 0. The van der Waals surface area contributed by atoms with Crippen LogP contribution in [0.15, 0.2) is 54.2 Å². The SMILES string of the molecule is O=C(CCc1csc(-c2cccnc2)n1)Nc1cccc(Cl)c1. The summed E-state index contributed by atoms with van der Waals surface area (Å²) >= 11 is 7.46. The molecule has 2 aromatic heterocycles. The van der Waals surface area contributed by atoms with Crippen LogP contribution in [0.3, 0.4) is 0 Å². The van der Waals surface area contributed by atoms with Crippen LogP contribution in [-0.4, -0.2) is 15.9 Å². The molecule has 0 fully saturated rings. The van der Waals surface area contributed by atoms with E-state index < -0.39 is 0 Å². The molecule has 1 amide bonds. The lowest BCUT2D eigenvalue weighted by Gasteiger charge is -2.04. The van der Waals surface area contributed by atoms with Crippen molar-refractivity contribution in [2.45, 2.75) is 12.8 Å². The average Bonchev–Trinajstić information content (AvgIpc) is 3.03. The standard InChI is InChI=1S/C17H14ClN3OS/c18-13-4-1-5-14(9-13)20-16(22)7-6-15-11-23-17(21-15)12-3-2-8-19-10-12/h1-5,8-11H,6-7H2,(H,20,22). The number of halogens is 1. The quantitative estimate of drug-likeness (QED) is 0.745. The van der Waals surface area contributed by atoms with Crippen LogP contribution in [0, 0.1) is 0 Å². The highest BCUT2D eigenvalue weighted by Gasteiger charge is 2.08. The van der Waals surface area contributed by atoms with Crippen molar-refractivity contribution in [2.75, 3.05) is 5.32 Å². The van der Waals surface area contributed by atoms with Crippen LogP contribution in [0.5, 0.6) is 0 Å². The van der Waals surface area contributed by atoms with E-state index in [0.29, 0.717) is 23.6 Å². The summed E-state index contributed by atoms with van der Waals surface area (Å²) in [6.07, 6.45) is 4.50. The number of pyridine rings is 1. The minimum absolute atomic E-state index is 0.0526. The predicted molar refractivity (Wildman–Crippen MR) is 93.7 cm³/mol. The number of carbonyl (C=O) groups excluding carboxylic acids is 1. The Morgan fingerprint density at radius 2 is 2.17 bits per heavy atom. The molecule has 116 valence electrons. The number of thiazole rings is 1. The minimum atomic E-state index is -0.0526. The number of anilines is 1. The van der Waals surface area contributed by atoms with Gasteiger partial charge in [0.2, 0.25) is 5.91 Å². The second-order valence-corrected chi connectivity index (χ2v) is 6.24. The highest BCUT2D eigenvalue weighted by Crippen LogP contribution is 2.23. The zero-order valence-electron chi connectivity index (χ0n) is 12.2. The van der Waals surface area contributed by atoms with E-state index in [1.807, 2.05) is 23.6 Å². The van der Waals surface area contributed by atoms with Crippen molar-refractivity contribution in [1.29, 1.82) is 0 Å². The lowest BCUT2D eigenvalue weighted by molar-refractivity contribution is -0.116. The van der Waals surface area contributed by atoms with Crippen molar-refractivity contribution in [3.63, 3.8) is 0 Å². The lowest BCUT2D eigenvalue weighted by atomic mass is 10.2. The summed E-state index contributed by atoms with van der Waals surface area (Å²) in [5.74, 6) is -0.0526. The van der Waals surface area contributed by atoms with Crippen LogP contribution < -0.4 is 5.32 Å². The van der Waals surface area contributed by atoms with Gasteiger partial charge in [0.05, 0.1) is 5.69 Å². The van der Waals surface area contributed by atoms with Gasteiger partial charge in [-0.05, 0) is 36.8 Å². The van der Waals surface area contributed by atoms with E-state index in [0.717, 1.165) is 16.3 Å². The Kier molecular flexibility index (Phi) is 5.00. The number of aromatic nitrogens is 2. The van der Waals surface area contributed by atoms with Gasteiger partial charge in [0.25, 0.3) is 0 Å². The number of hydrogen-bond acceptors (Lipinski definition) is 4. The van der Waals surface area contributed by atoms with Crippen LogP contribution in [0.4, 0.5) is 5.69 Å². The number of nitrogens with zero attached hydrogens (tertiary/aromatic N) is 2. The van der Waals surface area contributed by atoms with Crippen molar-refractivity contribution in [1.82, 2.24) is 9.97 Å². The first-order chi connectivity index (χ1) is 11.2. The summed E-state index contributed by atoms with van der Waals surface area (Å²) in [6, 6.07) is 11.0. The largest absolute Gasteiger partial charge is 0.326 e. The Morgan fingerprint density at radius 3 is 2.96 bits per heavy atom.